The maximum Gasteiger partial charge on any atom is 0.148 e. The monoisotopic (exact) mass is 208 g/mol. The molecule has 1 atom stereocenters. The second-order valence-electron chi connectivity index (χ2n) is 4.40. The molecule has 2 N–H and O–H groups in total. The molecule has 3 heteroatoms. The van der Waals surface area contributed by atoms with E-state index < -0.39 is 0 Å². The number of nitrogens with two attached hydrogens (primary N) is 1. The van der Waals surface area contributed by atoms with Gasteiger partial charge in [-0.15, -0.1) is 0 Å². The lowest BCUT2D eigenvalue weighted by atomic mass is 10.00. The summed E-state index contributed by atoms with van der Waals surface area (Å²) < 4.78 is 13.3. The Hall–Kier alpha value is -1.25. The second kappa shape index (κ2) is 4.09. The Morgan fingerprint density at radius 1 is 1.47 bits per heavy atom. The van der Waals surface area contributed by atoms with E-state index in [1.807, 2.05) is 6.07 Å². The zero-order chi connectivity index (χ0) is 10.8. The van der Waals surface area contributed by atoms with E-state index in [4.69, 9.17) is 5.73 Å². The van der Waals surface area contributed by atoms with E-state index in [2.05, 4.69) is 11.8 Å². The normalized spacial score (nSPS) is 21.7. The summed E-state index contributed by atoms with van der Waals surface area (Å²) in [5, 5.41) is 0. The van der Waals surface area contributed by atoms with Gasteiger partial charge in [0, 0.05) is 18.8 Å². The van der Waals surface area contributed by atoms with Gasteiger partial charge < -0.3 is 10.6 Å². The van der Waals surface area contributed by atoms with Crippen LogP contribution in [0.3, 0.4) is 0 Å². The summed E-state index contributed by atoms with van der Waals surface area (Å²) in [5.41, 5.74) is 6.63. The van der Waals surface area contributed by atoms with Gasteiger partial charge in [0.1, 0.15) is 5.82 Å². The van der Waals surface area contributed by atoms with Gasteiger partial charge in [-0.1, -0.05) is 6.92 Å². The highest BCUT2D eigenvalue weighted by atomic mass is 19.1. The number of rotatable bonds is 1. The van der Waals surface area contributed by atoms with Gasteiger partial charge in [-0.3, -0.25) is 0 Å². The molecule has 1 saturated heterocycles. The molecule has 82 valence electrons. The van der Waals surface area contributed by atoms with Crippen LogP contribution in [0.15, 0.2) is 18.2 Å². The third-order valence-corrected chi connectivity index (χ3v) is 3.01. The fraction of sp³-hybridized carbons (Fsp3) is 0.500. The summed E-state index contributed by atoms with van der Waals surface area (Å²) in [5.74, 6) is 0.380. The number of piperidine rings is 1. The van der Waals surface area contributed by atoms with Crippen LogP contribution < -0.4 is 10.6 Å². The standard InChI is InChI=1S/C12H17FN2/c1-9-3-2-6-15(8-9)10-4-5-12(14)11(13)7-10/h4-5,7,9H,2-3,6,8,14H2,1H3. The SMILES string of the molecule is CC1CCCN(c2ccc(N)c(F)c2)C1. The van der Waals surface area contributed by atoms with Gasteiger partial charge in [0.25, 0.3) is 0 Å². The number of hydrogen-bond donors (Lipinski definition) is 1. The first kappa shape index (κ1) is 10.3. The molecule has 2 rings (SSSR count). The molecule has 1 aliphatic rings. The van der Waals surface area contributed by atoms with Crippen molar-refractivity contribution in [3.05, 3.63) is 24.0 Å². The first-order chi connectivity index (χ1) is 7.16. The van der Waals surface area contributed by atoms with Crippen LogP contribution in [0.5, 0.6) is 0 Å². The van der Waals surface area contributed by atoms with Crippen LogP contribution in [0.1, 0.15) is 19.8 Å². The Morgan fingerprint density at radius 2 is 2.27 bits per heavy atom. The smallest absolute Gasteiger partial charge is 0.148 e. The third-order valence-electron chi connectivity index (χ3n) is 3.01. The van der Waals surface area contributed by atoms with E-state index in [1.54, 1.807) is 6.07 Å². The largest absolute Gasteiger partial charge is 0.396 e. The van der Waals surface area contributed by atoms with Crippen molar-refractivity contribution in [2.45, 2.75) is 19.8 Å². The predicted octanol–water partition coefficient (Wildman–Crippen LogP) is 2.64. The molecule has 0 bridgehead atoms. The zero-order valence-corrected chi connectivity index (χ0v) is 9.04. The fourth-order valence-electron chi connectivity index (χ4n) is 2.14. The van der Waals surface area contributed by atoms with Gasteiger partial charge in [0.2, 0.25) is 0 Å². The van der Waals surface area contributed by atoms with Crippen molar-refractivity contribution in [3.63, 3.8) is 0 Å². The quantitative estimate of drug-likeness (QED) is 0.719. The molecule has 1 unspecified atom stereocenters. The van der Waals surface area contributed by atoms with Crippen LogP contribution in [-0.4, -0.2) is 13.1 Å². The maximum atomic E-state index is 13.3. The minimum atomic E-state index is -0.314. The van der Waals surface area contributed by atoms with Crippen molar-refractivity contribution in [1.29, 1.82) is 0 Å². The Morgan fingerprint density at radius 3 is 2.93 bits per heavy atom. The highest BCUT2D eigenvalue weighted by Gasteiger charge is 2.17. The lowest BCUT2D eigenvalue weighted by Gasteiger charge is -2.32. The van der Waals surface area contributed by atoms with Crippen LogP contribution in [0.25, 0.3) is 0 Å². The summed E-state index contributed by atoms with van der Waals surface area (Å²) in [7, 11) is 0. The lowest BCUT2D eigenvalue weighted by Crippen LogP contribution is -2.34. The average Bonchev–Trinajstić information content (AvgIpc) is 2.22. The van der Waals surface area contributed by atoms with Gasteiger partial charge in [-0.05, 0) is 37.0 Å². The molecule has 0 saturated carbocycles. The van der Waals surface area contributed by atoms with E-state index in [9.17, 15) is 4.39 Å². The Kier molecular flexibility index (Phi) is 2.80. The zero-order valence-electron chi connectivity index (χ0n) is 9.04. The number of benzene rings is 1. The highest BCUT2D eigenvalue weighted by molar-refractivity contribution is 5.54. The van der Waals surface area contributed by atoms with E-state index >= 15 is 0 Å². The molecule has 1 fully saturated rings. The molecule has 1 aromatic carbocycles. The van der Waals surface area contributed by atoms with Crippen LogP contribution in [0, 0.1) is 11.7 Å². The molecule has 0 radical (unpaired) electrons. The molecule has 2 nitrogen and oxygen atoms in total. The molecule has 0 aromatic heterocycles. The van der Waals surface area contributed by atoms with Gasteiger partial charge in [-0.2, -0.15) is 0 Å². The first-order valence-corrected chi connectivity index (χ1v) is 5.47. The van der Waals surface area contributed by atoms with E-state index in [-0.39, 0.29) is 11.5 Å². The van der Waals surface area contributed by atoms with Crippen molar-refractivity contribution in [3.8, 4) is 0 Å². The van der Waals surface area contributed by atoms with Crippen molar-refractivity contribution >= 4 is 11.4 Å². The van der Waals surface area contributed by atoms with Crippen molar-refractivity contribution in [1.82, 2.24) is 0 Å². The summed E-state index contributed by atoms with van der Waals surface area (Å²) in [4.78, 5) is 2.23. The molecular weight excluding hydrogens is 191 g/mol. The Balaban J connectivity index is 2.18. The maximum absolute atomic E-state index is 13.3. The fourth-order valence-corrected chi connectivity index (χ4v) is 2.14. The summed E-state index contributed by atoms with van der Waals surface area (Å²) in [6.45, 7) is 4.27. The third kappa shape index (κ3) is 2.22. The van der Waals surface area contributed by atoms with Crippen LogP contribution in [0.2, 0.25) is 0 Å². The van der Waals surface area contributed by atoms with Crippen LogP contribution >= 0.6 is 0 Å². The first-order valence-electron chi connectivity index (χ1n) is 5.47. The van der Waals surface area contributed by atoms with Gasteiger partial charge in [0.05, 0.1) is 5.69 Å². The molecule has 0 amide bonds. The summed E-state index contributed by atoms with van der Waals surface area (Å²) >= 11 is 0. The van der Waals surface area contributed by atoms with Crippen molar-refractivity contribution in [2.75, 3.05) is 23.7 Å². The number of halogens is 1. The Labute approximate surface area is 89.9 Å². The minimum Gasteiger partial charge on any atom is -0.396 e. The Bertz CT molecular complexity index is 351. The van der Waals surface area contributed by atoms with E-state index in [1.165, 1.54) is 18.9 Å². The molecule has 1 aromatic rings. The average molecular weight is 208 g/mol. The molecule has 1 heterocycles. The second-order valence-corrected chi connectivity index (χ2v) is 4.40. The number of hydrogen-bond acceptors (Lipinski definition) is 2. The number of nitrogen functional groups attached to an aromatic ring is 1. The topological polar surface area (TPSA) is 29.3 Å². The summed E-state index contributed by atoms with van der Waals surface area (Å²) in [6.07, 6.45) is 2.46. The lowest BCUT2D eigenvalue weighted by molar-refractivity contribution is 0.446. The molecule has 1 aliphatic heterocycles. The predicted molar refractivity (Wildman–Crippen MR) is 61.4 cm³/mol. The molecular formula is C12H17FN2. The molecule has 0 spiro atoms. The van der Waals surface area contributed by atoms with Gasteiger partial charge in [-0.25, -0.2) is 4.39 Å². The van der Waals surface area contributed by atoms with Crippen molar-refractivity contribution < 1.29 is 4.39 Å². The molecule has 0 aliphatic carbocycles. The van der Waals surface area contributed by atoms with Crippen LogP contribution in [0.4, 0.5) is 15.8 Å². The van der Waals surface area contributed by atoms with E-state index in [0.717, 1.165) is 18.8 Å². The van der Waals surface area contributed by atoms with Crippen molar-refractivity contribution in [2.24, 2.45) is 5.92 Å². The number of anilines is 2. The molecule has 15 heavy (non-hydrogen) atoms. The summed E-state index contributed by atoms with van der Waals surface area (Å²) in [6, 6.07) is 5.08. The van der Waals surface area contributed by atoms with Gasteiger partial charge in [0.15, 0.2) is 0 Å². The van der Waals surface area contributed by atoms with Gasteiger partial charge >= 0.3 is 0 Å². The minimum absolute atomic E-state index is 0.226. The van der Waals surface area contributed by atoms with E-state index in [0.29, 0.717) is 5.92 Å². The number of nitrogens with zero attached hydrogens (tertiary/aromatic N) is 1. The van der Waals surface area contributed by atoms with Crippen LogP contribution in [-0.2, 0) is 0 Å². The highest BCUT2D eigenvalue weighted by Crippen LogP contribution is 2.25.